The molecule has 0 N–H and O–H groups in total. The van der Waals surface area contributed by atoms with Gasteiger partial charge in [0.1, 0.15) is 16.5 Å². The van der Waals surface area contributed by atoms with Crippen molar-refractivity contribution in [1.29, 1.82) is 0 Å². The molecule has 160 valence electrons. The summed E-state index contributed by atoms with van der Waals surface area (Å²) in [6.07, 6.45) is 3.41. The van der Waals surface area contributed by atoms with E-state index >= 15 is 0 Å². The highest BCUT2D eigenvalue weighted by atomic mass is 32.1. The van der Waals surface area contributed by atoms with Crippen molar-refractivity contribution in [3.63, 3.8) is 0 Å². The Kier molecular flexibility index (Phi) is 4.53. The fourth-order valence-electron chi connectivity index (χ4n) is 4.91. The summed E-state index contributed by atoms with van der Waals surface area (Å²) < 4.78 is 0. The molecule has 0 bridgehead atoms. The molecule has 5 nitrogen and oxygen atoms in total. The molecule has 3 heterocycles. The number of aryl methyl sites for hydroxylation is 2. The molecule has 6 heteroatoms. The fourth-order valence-corrected chi connectivity index (χ4v) is 5.94. The number of aromatic nitrogens is 2. The predicted octanol–water partition coefficient (Wildman–Crippen LogP) is 4.64. The zero-order valence-corrected chi connectivity index (χ0v) is 19.0. The molecule has 2 aliphatic carbocycles. The number of thiophene rings is 1. The Balaban J connectivity index is 1.19. The standard InChI is InChI=1S/C25H28N4OS/c1-15-16(2)31-24-21(15)23(26-22(27-24)18-8-9-18)28-10-12-29(13-11-28)25(30)20-14-19(20)17-6-4-3-5-7-17/h3-7,18-20H,8-14H2,1-2H3/t19-,20-/m0/s1. The van der Waals surface area contributed by atoms with Crippen molar-refractivity contribution in [2.24, 2.45) is 5.92 Å². The minimum atomic E-state index is 0.169. The van der Waals surface area contributed by atoms with Gasteiger partial charge in [0.25, 0.3) is 0 Å². The van der Waals surface area contributed by atoms with Crippen LogP contribution < -0.4 is 4.90 Å². The summed E-state index contributed by atoms with van der Waals surface area (Å²) in [4.78, 5) is 30.0. The molecule has 0 unspecified atom stereocenters. The molecule has 1 amide bonds. The molecule has 3 aliphatic rings. The lowest BCUT2D eigenvalue weighted by Gasteiger charge is -2.36. The number of carbonyl (C=O) groups is 1. The molecular weight excluding hydrogens is 404 g/mol. The van der Waals surface area contributed by atoms with Gasteiger partial charge in [-0.25, -0.2) is 9.97 Å². The van der Waals surface area contributed by atoms with Crippen LogP contribution in [0.15, 0.2) is 30.3 Å². The van der Waals surface area contributed by atoms with E-state index in [9.17, 15) is 4.79 Å². The molecule has 3 fully saturated rings. The van der Waals surface area contributed by atoms with Crippen molar-refractivity contribution >= 4 is 33.3 Å². The van der Waals surface area contributed by atoms with Crippen molar-refractivity contribution in [3.05, 3.63) is 52.2 Å². The van der Waals surface area contributed by atoms with Crippen molar-refractivity contribution in [2.45, 2.75) is 44.9 Å². The van der Waals surface area contributed by atoms with Crippen molar-refractivity contribution in [1.82, 2.24) is 14.9 Å². The highest BCUT2D eigenvalue weighted by Crippen LogP contribution is 2.48. The van der Waals surface area contributed by atoms with Gasteiger partial charge in [-0.05, 0) is 50.2 Å². The van der Waals surface area contributed by atoms with Crippen molar-refractivity contribution < 1.29 is 4.79 Å². The number of rotatable bonds is 4. The highest BCUT2D eigenvalue weighted by molar-refractivity contribution is 7.18. The van der Waals surface area contributed by atoms with Gasteiger partial charge >= 0.3 is 0 Å². The number of piperazine rings is 1. The van der Waals surface area contributed by atoms with E-state index in [1.54, 1.807) is 11.3 Å². The summed E-state index contributed by atoms with van der Waals surface area (Å²) in [6.45, 7) is 7.62. The topological polar surface area (TPSA) is 49.3 Å². The molecule has 0 radical (unpaired) electrons. The fraction of sp³-hybridized carbons (Fsp3) is 0.480. The number of anilines is 1. The van der Waals surface area contributed by atoms with Crippen LogP contribution in [0.1, 0.15) is 52.9 Å². The Bertz CT molecular complexity index is 1150. The first-order valence-electron chi connectivity index (χ1n) is 11.5. The number of amides is 1. The van der Waals surface area contributed by atoms with Crippen LogP contribution in [0.5, 0.6) is 0 Å². The molecule has 1 aliphatic heterocycles. The first-order chi connectivity index (χ1) is 15.1. The highest BCUT2D eigenvalue weighted by Gasteiger charge is 2.46. The van der Waals surface area contributed by atoms with Gasteiger partial charge in [-0.2, -0.15) is 0 Å². The molecule has 2 saturated carbocycles. The predicted molar refractivity (Wildman–Crippen MR) is 125 cm³/mol. The Morgan fingerprint density at radius 2 is 1.77 bits per heavy atom. The maximum Gasteiger partial charge on any atom is 0.226 e. The molecule has 2 atom stereocenters. The zero-order chi connectivity index (χ0) is 21.1. The Morgan fingerprint density at radius 1 is 1.03 bits per heavy atom. The summed E-state index contributed by atoms with van der Waals surface area (Å²) in [5, 5.41) is 1.22. The monoisotopic (exact) mass is 432 g/mol. The van der Waals surface area contributed by atoms with E-state index < -0.39 is 0 Å². The summed E-state index contributed by atoms with van der Waals surface area (Å²) in [5.41, 5.74) is 2.61. The molecule has 3 aromatic rings. The molecule has 1 saturated heterocycles. The molecule has 31 heavy (non-hydrogen) atoms. The van der Waals surface area contributed by atoms with E-state index in [0.29, 0.717) is 17.7 Å². The van der Waals surface area contributed by atoms with Gasteiger partial charge in [-0.1, -0.05) is 30.3 Å². The molecular formula is C25H28N4OS. The second kappa shape index (κ2) is 7.30. The Labute approximate surface area is 187 Å². The third-order valence-corrected chi connectivity index (χ3v) is 8.30. The van der Waals surface area contributed by atoms with Gasteiger partial charge in [0.05, 0.1) is 5.39 Å². The van der Waals surface area contributed by atoms with Crippen LogP contribution in [0.2, 0.25) is 0 Å². The number of fused-ring (bicyclic) bond motifs is 1. The second-order valence-corrected chi connectivity index (χ2v) is 10.5. The van der Waals surface area contributed by atoms with E-state index in [2.05, 4.69) is 47.9 Å². The van der Waals surface area contributed by atoms with Gasteiger partial charge < -0.3 is 9.80 Å². The molecule has 0 spiro atoms. The van der Waals surface area contributed by atoms with E-state index in [1.165, 1.54) is 34.2 Å². The lowest BCUT2D eigenvalue weighted by Crippen LogP contribution is -2.49. The molecule has 2 aromatic heterocycles. The summed E-state index contributed by atoms with van der Waals surface area (Å²) in [7, 11) is 0. The van der Waals surface area contributed by atoms with Crippen LogP contribution in [0.4, 0.5) is 5.82 Å². The summed E-state index contributed by atoms with van der Waals surface area (Å²) >= 11 is 1.79. The third-order valence-electron chi connectivity index (χ3n) is 7.20. The normalized spacial score (nSPS) is 23.4. The third kappa shape index (κ3) is 3.41. The van der Waals surface area contributed by atoms with Crippen molar-refractivity contribution in [3.8, 4) is 0 Å². The minimum Gasteiger partial charge on any atom is -0.352 e. The largest absolute Gasteiger partial charge is 0.352 e. The zero-order valence-electron chi connectivity index (χ0n) is 18.2. The van der Waals surface area contributed by atoms with Gasteiger partial charge in [-0.15, -0.1) is 11.3 Å². The van der Waals surface area contributed by atoms with Crippen molar-refractivity contribution in [2.75, 3.05) is 31.1 Å². The maximum atomic E-state index is 13.1. The number of hydrogen-bond acceptors (Lipinski definition) is 5. The lowest BCUT2D eigenvalue weighted by atomic mass is 10.1. The number of hydrogen-bond donors (Lipinski definition) is 0. The van der Waals surface area contributed by atoms with Crippen LogP contribution in [0.25, 0.3) is 10.2 Å². The second-order valence-electron chi connectivity index (χ2n) is 9.31. The smallest absolute Gasteiger partial charge is 0.226 e. The quantitative estimate of drug-likeness (QED) is 0.603. The van der Waals surface area contributed by atoms with Gasteiger partial charge in [0.15, 0.2) is 0 Å². The van der Waals surface area contributed by atoms with E-state index in [1.807, 2.05) is 6.07 Å². The minimum absolute atomic E-state index is 0.169. The van der Waals surface area contributed by atoms with E-state index in [-0.39, 0.29) is 5.92 Å². The first-order valence-corrected chi connectivity index (χ1v) is 12.3. The first kappa shape index (κ1) is 19.2. The Hall–Kier alpha value is -2.47. The van der Waals surface area contributed by atoms with Gasteiger partial charge in [0, 0.05) is 42.9 Å². The maximum absolute atomic E-state index is 13.1. The summed E-state index contributed by atoms with van der Waals surface area (Å²) in [5.74, 6) is 3.56. The van der Waals surface area contributed by atoms with Crippen LogP contribution >= 0.6 is 11.3 Å². The van der Waals surface area contributed by atoms with Crippen LogP contribution in [0, 0.1) is 19.8 Å². The number of nitrogens with zero attached hydrogens (tertiary/aromatic N) is 4. The number of carbonyl (C=O) groups excluding carboxylic acids is 1. The van der Waals surface area contributed by atoms with E-state index in [0.717, 1.165) is 49.1 Å². The van der Waals surface area contributed by atoms with E-state index in [4.69, 9.17) is 9.97 Å². The average Bonchev–Trinajstić information content (AvgIpc) is 3.72. The molecule has 1 aromatic carbocycles. The molecule has 6 rings (SSSR count). The average molecular weight is 433 g/mol. The lowest BCUT2D eigenvalue weighted by molar-refractivity contribution is -0.133. The van der Waals surface area contributed by atoms with Gasteiger partial charge in [0.2, 0.25) is 5.91 Å². The Morgan fingerprint density at radius 3 is 2.48 bits per heavy atom. The van der Waals surface area contributed by atoms with Crippen LogP contribution in [0.3, 0.4) is 0 Å². The van der Waals surface area contributed by atoms with Crippen LogP contribution in [-0.2, 0) is 4.79 Å². The van der Waals surface area contributed by atoms with Crippen LogP contribution in [-0.4, -0.2) is 47.0 Å². The van der Waals surface area contributed by atoms with Gasteiger partial charge in [-0.3, -0.25) is 4.79 Å². The SMILES string of the molecule is Cc1sc2nc(C3CC3)nc(N3CCN(C(=O)[C@H]4C[C@H]4c4ccccc4)CC3)c2c1C. The summed E-state index contributed by atoms with van der Waals surface area (Å²) in [6, 6.07) is 10.5. The number of benzene rings is 1.